The third kappa shape index (κ3) is 4.11. The van der Waals surface area contributed by atoms with Gasteiger partial charge in [0.2, 0.25) is 0 Å². The zero-order valence-corrected chi connectivity index (χ0v) is 14.9. The lowest BCUT2D eigenvalue weighted by Crippen LogP contribution is -2.39. The van der Waals surface area contributed by atoms with Gasteiger partial charge >= 0.3 is 0 Å². The van der Waals surface area contributed by atoms with Gasteiger partial charge in [0.15, 0.2) is 0 Å². The number of ether oxygens (including phenoxy) is 2. The van der Waals surface area contributed by atoms with Gasteiger partial charge in [-0.05, 0) is 31.0 Å². The Labute approximate surface area is 153 Å². The summed E-state index contributed by atoms with van der Waals surface area (Å²) in [4.78, 5) is 23.3. The maximum Gasteiger partial charge on any atom is 0.257 e. The molecule has 0 unspecified atom stereocenters. The van der Waals surface area contributed by atoms with Gasteiger partial charge in [-0.3, -0.25) is 4.79 Å². The van der Waals surface area contributed by atoms with E-state index in [2.05, 4.69) is 9.97 Å². The van der Waals surface area contributed by atoms with Crippen LogP contribution < -0.4 is 15.2 Å². The summed E-state index contributed by atoms with van der Waals surface area (Å²) in [6, 6.07) is 7.17. The van der Waals surface area contributed by atoms with Crippen LogP contribution in [-0.4, -0.2) is 54.1 Å². The van der Waals surface area contributed by atoms with E-state index >= 15 is 0 Å². The highest BCUT2D eigenvalue weighted by Crippen LogP contribution is 2.30. The van der Waals surface area contributed by atoms with Crippen molar-refractivity contribution >= 4 is 5.91 Å². The van der Waals surface area contributed by atoms with Gasteiger partial charge in [-0.2, -0.15) is 0 Å². The van der Waals surface area contributed by atoms with Crippen molar-refractivity contribution in [3.63, 3.8) is 0 Å². The molecule has 0 bridgehead atoms. The second-order valence-corrected chi connectivity index (χ2v) is 6.22. The number of piperidine rings is 1. The predicted octanol–water partition coefficient (Wildman–Crippen LogP) is 1.84. The van der Waals surface area contributed by atoms with Crippen molar-refractivity contribution in [1.29, 1.82) is 0 Å². The van der Waals surface area contributed by atoms with Gasteiger partial charge in [0.05, 0.1) is 12.7 Å². The Hall–Kier alpha value is -2.67. The number of hydrogen-bond donors (Lipinski definition) is 1. The van der Waals surface area contributed by atoms with Crippen molar-refractivity contribution in [3.05, 3.63) is 48.0 Å². The van der Waals surface area contributed by atoms with E-state index in [1.54, 1.807) is 37.8 Å². The van der Waals surface area contributed by atoms with Crippen molar-refractivity contribution in [2.45, 2.75) is 18.8 Å². The summed E-state index contributed by atoms with van der Waals surface area (Å²) in [5, 5.41) is 0. The Morgan fingerprint density at radius 3 is 3.00 bits per heavy atom. The van der Waals surface area contributed by atoms with Gasteiger partial charge in [0.25, 0.3) is 5.91 Å². The van der Waals surface area contributed by atoms with Crippen LogP contribution in [0.15, 0.2) is 36.8 Å². The molecule has 1 saturated heterocycles. The molecule has 138 valence electrons. The summed E-state index contributed by atoms with van der Waals surface area (Å²) in [7, 11) is 1.58. The Kier molecular flexibility index (Phi) is 6.01. The number of methoxy groups -OCH3 is 1. The van der Waals surface area contributed by atoms with E-state index in [9.17, 15) is 4.79 Å². The molecule has 0 spiro atoms. The predicted molar refractivity (Wildman–Crippen MR) is 97.5 cm³/mol. The lowest BCUT2D eigenvalue weighted by atomic mass is 9.94. The molecule has 1 aliphatic rings. The minimum Gasteiger partial charge on any atom is -0.497 e. The van der Waals surface area contributed by atoms with Crippen molar-refractivity contribution < 1.29 is 14.3 Å². The van der Waals surface area contributed by atoms with Crippen LogP contribution in [0.1, 0.15) is 34.8 Å². The topological polar surface area (TPSA) is 90.6 Å². The Balaban J connectivity index is 1.79. The Morgan fingerprint density at radius 2 is 2.27 bits per heavy atom. The summed E-state index contributed by atoms with van der Waals surface area (Å²) in [6.45, 7) is 2.09. The SMILES string of the molecule is COc1ccc(C(=O)N2CCC[C@H](c3ccncn3)C2)c(OCCN)c1. The largest absolute Gasteiger partial charge is 0.497 e. The molecule has 7 nitrogen and oxygen atoms in total. The zero-order valence-electron chi connectivity index (χ0n) is 14.9. The first-order chi connectivity index (χ1) is 12.7. The van der Waals surface area contributed by atoms with Crippen molar-refractivity contribution in [1.82, 2.24) is 14.9 Å². The molecule has 1 fully saturated rings. The minimum atomic E-state index is -0.0431. The molecule has 1 atom stereocenters. The summed E-state index contributed by atoms with van der Waals surface area (Å²) < 4.78 is 10.9. The third-order valence-electron chi connectivity index (χ3n) is 4.53. The molecule has 1 amide bonds. The minimum absolute atomic E-state index is 0.0431. The molecule has 26 heavy (non-hydrogen) atoms. The van der Waals surface area contributed by atoms with E-state index < -0.39 is 0 Å². The van der Waals surface area contributed by atoms with E-state index in [0.29, 0.717) is 36.8 Å². The number of amides is 1. The number of benzene rings is 1. The Morgan fingerprint density at radius 1 is 1.38 bits per heavy atom. The quantitative estimate of drug-likeness (QED) is 0.849. The van der Waals surface area contributed by atoms with Gasteiger partial charge in [0.1, 0.15) is 24.4 Å². The average molecular weight is 356 g/mol. The van der Waals surface area contributed by atoms with Crippen LogP contribution in [0.4, 0.5) is 0 Å². The summed E-state index contributed by atoms with van der Waals surface area (Å²) in [5.41, 5.74) is 7.04. The van der Waals surface area contributed by atoms with Crippen LogP contribution >= 0.6 is 0 Å². The summed E-state index contributed by atoms with van der Waals surface area (Å²) in [5.74, 6) is 1.33. The fourth-order valence-corrected chi connectivity index (χ4v) is 3.21. The van der Waals surface area contributed by atoms with Gasteiger partial charge in [-0.15, -0.1) is 0 Å². The molecule has 1 aliphatic heterocycles. The molecular formula is C19H24N4O3. The lowest BCUT2D eigenvalue weighted by molar-refractivity contribution is 0.0701. The monoisotopic (exact) mass is 356 g/mol. The third-order valence-corrected chi connectivity index (χ3v) is 4.53. The highest BCUT2D eigenvalue weighted by Gasteiger charge is 2.28. The molecule has 0 saturated carbocycles. The van der Waals surface area contributed by atoms with Crippen LogP contribution in [0.3, 0.4) is 0 Å². The standard InChI is InChI=1S/C19H24N4O3/c1-25-15-4-5-16(18(11-15)26-10-7-20)19(24)23-9-2-3-14(12-23)17-6-8-21-13-22-17/h4-6,8,11,13-14H,2-3,7,9-10,12,20H2,1H3/t14-/m0/s1. The van der Waals surface area contributed by atoms with E-state index in [1.165, 1.54) is 0 Å². The molecule has 7 heteroatoms. The fourth-order valence-electron chi connectivity index (χ4n) is 3.21. The number of carbonyl (C=O) groups excluding carboxylic acids is 1. The maximum atomic E-state index is 13.1. The van der Waals surface area contributed by atoms with Crippen molar-refractivity contribution in [2.75, 3.05) is 33.4 Å². The highest BCUT2D eigenvalue weighted by atomic mass is 16.5. The van der Waals surface area contributed by atoms with Crippen LogP contribution in [-0.2, 0) is 0 Å². The summed E-state index contributed by atoms with van der Waals surface area (Å²) in [6.07, 6.45) is 5.25. The normalized spacial score (nSPS) is 17.0. The first-order valence-electron chi connectivity index (χ1n) is 8.79. The lowest BCUT2D eigenvalue weighted by Gasteiger charge is -2.32. The summed E-state index contributed by atoms with van der Waals surface area (Å²) >= 11 is 0. The van der Waals surface area contributed by atoms with E-state index in [0.717, 1.165) is 25.1 Å². The average Bonchev–Trinajstić information content (AvgIpc) is 2.72. The first kappa shape index (κ1) is 18.1. The van der Waals surface area contributed by atoms with Gasteiger partial charge in [0, 0.05) is 43.5 Å². The second-order valence-electron chi connectivity index (χ2n) is 6.22. The smallest absolute Gasteiger partial charge is 0.257 e. The first-order valence-corrected chi connectivity index (χ1v) is 8.79. The Bertz CT molecular complexity index is 739. The van der Waals surface area contributed by atoms with Crippen LogP contribution in [0, 0.1) is 0 Å². The maximum absolute atomic E-state index is 13.1. The number of nitrogens with zero attached hydrogens (tertiary/aromatic N) is 3. The number of hydrogen-bond acceptors (Lipinski definition) is 6. The molecular weight excluding hydrogens is 332 g/mol. The molecule has 0 radical (unpaired) electrons. The molecule has 2 aromatic rings. The van der Waals surface area contributed by atoms with Crippen LogP contribution in [0.5, 0.6) is 11.5 Å². The number of nitrogens with two attached hydrogens (primary N) is 1. The van der Waals surface area contributed by atoms with E-state index in [1.807, 2.05) is 11.0 Å². The zero-order chi connectivity index (χ0) is 18.4. The number of likely N-dealkylation sites (tertiary alicyclic amines) is 1. The number of carbonyl (C=O) groups is 1. The van der Waals surface area contributed by atoms with E-state index in [4.69, 9.17) is 15.2 Å². The second kappa shape index (κ2) is 8.62. The van der Waals surface area contributed by atoms with Crippen LogP contribution in [0.2, 0.25) is 0 Å². The van der Waals surface area contributed by atoms with Gasteiger partial charge < -0.3 is 20.1 Å². The van der Waals surface area contributed by atoms with E-state index in [-0.39, 0.29) is 11.8 Å². The highest BCUT2D eigenvalue weighted by molar-refractivity contribution is 5.97. The van der Waals surface area contributed by atoms with Gasteiger partial charge in [-0.1, -0.05) is 0 Å². The molecule has 0 aliphatic carbocycles. The van der Waals surface area contributed by atoms with Crippen LogP contribution in [0.25, 0.3) is 0 Å². The van der Waals surface area contributed by atoms with Gasteiger partial charge in [-0.25, -0.2) is 9.97 Å². The fraction of sp³-hybridized carbons (Fsp3) is 0.421. The molecule has 1 aromatic heterocycles. The molecule has 1 aromatic carbocycles. The molecule has 2 N–H and O–H groups in total. The van der Waals surface area contributed by atoms with Crippen molar-refractivity contribution in [2.24, 2.45) is 5.73 Å². The number of rotatable bonds is 6. The molecule has 3 rings (SSSR count). The van der Waals surface area contributed by atoms with Crippen molar-refractivity contribution in [3.8, 4) is 11.5 Å². The molecule has 2 heterocycles. The number of aromatic nitrogens is 2.